The molecule has 0 saturated carbocycles. The van der Waals surface area contributed by atoms with Gasteiger partial charge in [-0.05, 0) is 23.8 Å². The van der Waals surface area contributed by atoms with Crippen LogP contribution in [0, 0.1) is 0 Å². The van der Waals surface area contributed by atoms with Crippen molar-refractivity contribution in [3.05, 3.63) is 78.8 Å². The van der Waals surface area contributed by atoms with Crippen LogP contribution in [-0.4, -0.2) is 25.0 Å². The number of hydrogen-bond acceptors (Lipinski definition) is 4. The average Bonchev–Trinajstić information content (AvgIpc) is 3.24. The van der Waals surface area contributed by atoms with Crippen LogP contribution in [0.2, 0.25) is 0 Å². The van der Waals surface area contributed by atoms with Crippen LogP contribution in [0.5, 0.6) is 5.75 Å². The molecule has 6 nitrogen and oxygen atoms in total. The number of carbonyl (C=O) groups is 2. The van der Waals surface area contributed by atoms with Gasteiger partial charge < -0.3 is 19.8 Å². The third-order valence-corrected chi connectivity index (χ3v) is 3.82. The number of ether oxygens (including phenoxy) is 1. The fraction of sp³-hybridized carbons (Fsp3) is 0.143. The first-order valence-electron chi connectivity index (χ1n) is 8.55. The molecule has 0 saturated heterocycles. The molecule has 138 valence electrons. The van der Waals surface area contributed by atoms with E-state index in [1.54, 1.807) is 12.1 Å². The SMILES string of the molecule is O=C(CNC(=O)COc1ccccc1-c1ccccc1)NCc1ccco1. The number of amides is 2. The van der Waals surface area contributed by atoms with E-state index in [-0.39, 0.29) is 31.5 Å². The van der Waals surface area contributed by atoms with Gasteiger partial charge in [0.15, 0.2) is 6.61 Å². The molecule has 27 heavy (non-hydrogen) atoms. The first-order chi connectivity index (χ1) is 13.2. The fourth-order valence-electron chi connectivity index (χ4n) is 2.48. The molecule has 0 aliphatic heterocycles. The Kier molecular flexibility index (Phi) is 6.25. The summed E-state index contributed by atoms with van der Waals surface area (Å²) in [4.78, 5) is 23.7. The summed E-state index contributed by atoms with van der Waals surface area (Å²) in [5, 5.41) is 5.19. The second-order valence-electron chi connectivity index (χ2n) is 5.78. The van der Waals surface area contributed by atoms with Gasteiger partial charge in [-0.2, -0.15) is 0 Å². The minimum Gasteiger partial charge on any atom is -0.483 e. The molecule has 2 N–H and O–H groups in total. The quantitative estimate of drug-likeness (QED) is 0.644. The molecule has 0 fully saturated rings. The zero-order chi connectivity index (χ0) is 18.9. The van der Waals surface area contributed by atoms with Crippen LogP contribution in [0.3, 0.4) is 0 Å². The number of benzene rings is 2. The molecule has 6 heteroatoms. The fourth-order valence-corrected chi connectivity index (χ4v) is 2.48. The Balaban J connectivity index is 1.46. The summed E-state index contributed by atoms with van der Waals surface area (Å²) in [5.41, 5.74) is 1.91. The zero-order valence-electron chi connectivity index (χ0n) is 14.7. The molecule has 0 unspecified atom stereocenters. The maximum Gasteiger partial charge on any atom is 0.258 e. The lowest BCUT2D eigenvalue weighted by Gasteiger charge is -2.12. The van der Waals surface area contributed by atoms with E-state index in [1.807, 2.05) is 54.6 Å². The monoisotopic (exact) mass is 364 g/mol. The van der Waals surface area contributed by atoms with Gasteiger partial charge in [0.2, 0.25) is 5.91 Å². The second-order valence-corrected chi connectivity index (χ2v) is 5.78. The third kappa shape index (κ3) is 5.47. The molecule has 1 aromatic heterocycles. The van der Waals surface area contributed by atoms with Crippen LogP contribution >= 0.6 is 0 Å². The molecule has 2 aromatic carbocycles. The molecule has 3 aromatic rings. The minimum atomic E-state index is -0.369. The van der Waals surface area contributed by atoms with Crippen LogP contribution in [0.15, 0.2) is 77.4 Å². The lowest BCUT2D eigenvalue weighted by Crippen LogP contribution is -2.38. The number of nitrogens with one attached hydrogen (secondary N) is 2. The molecule has 0 atom stereocenters. The van der Waals surface area contributed by atoms with Crippen molar-refractivity contribution >= 4 is 11.8 Å². The maximum atomic E-state index is 12.0. The summed E-state index contributed by atoms with van der Waals surface area (Å²) in [6, 6.07) is 20.8. The summed E-state index contributed by atoms with van der Waals surface area (Å²) in [7, 11) is 0. The van der Waals surface area contributed by atoms with E-state index in [9.17, 15) is 9.59 Å². The van der Waals surface area contributed by atoms with Crippen molar-refractivity contribution in [1.82, 2.24) is 10.6 Å². The Morgan fingerprint density at radius 3 is 2.41 bits per heavy atom. The van der Waals surface area contributed by atoms with Gasteiger partial charge in [-0.25, -0.2) is 0 Å². The summed E-state index contributed by atoms with van der Waals surface area (Å²) in [6.07, 6.45) is 1.54. The van der Waals surface area contributed by atoms with Crippen LogP contribution in [-0.2, 0) is 16.1 Å². The summed E-state index contributed by atoms with van der Waals surface area (Å²) >= 11 is 0. The summed E-state index contributed by atoms with van der Waals surface area (Å²) in [5.74, 6) is 0.590. The average molecular weight is 364 g/mol. The highest BCUT2D eigenvalue weighted by Gasteiger charge is 2.09. The summed E-state index contributed by atoms with van der Waals surface area (Å²) in [6.45, 7) is -0.0127. The highest BCUT2D eigenvalue weighted by atomic mass is 16.5. The lowest BCUT2D eigenvalue weighted by molar-refractivity contribution is -0.127. The Morgan fingerprint density at radius 2 is 1.63 bits per heavy atom. The van der Waals surface area contributed by atoms with Gasteiger partial charge >= 0.3 is 0 Å². The highest BCUT2D eigenvalue weighted by molar-refractivity contribution is 5.85. The molecule has 0 aliphatic rings. The van der Waals surface area contributed by atoms with Crippen molar-refractivity contribution in [3.8, 4) is 16.9 Å². The van der Waals surface area contributed by atoms with E-state index >= 15 is 0 Å². The lowest BCUT2D eigenvalue weighted by atomic mass is 10.1. The van der Waals surface area contributed by atoms with Crippen LogP contribution in [0.1, 0.15) is 5.76 Å². The molecule has 0 aliphatic carbocycles. The van der Waals surface area contributed by atoms with E-state index in [2.05, 4.69) is 10.6 Å². The van der Waals surface area contributed by atoms with E-state index in [4.69, 9.17) is 9.15 Å². The number of furan rings is 1. The smallest absolute Gasteiger partial charge is 0.258 e. The third-order valence-electron chi connectivity index (χ3n) is 3.82. The summed E-state index contributed by atoms with van der Waals surface area (Å²) < 4.78 is 10.8. The second kappa shape index (κ2) is 9.24. The van der Waals surface area contributed by atoms with Gasteiger partial charge in [-0.1, -0.05) is 48.5 Å². The van der Waals surface area contributed by atoms with Crippen molar-refractivity contribution in [2.45, 2.75) is 6.54 Å². The predicted octanol–water partition coefficient (Wildman–Crippen LogP) is 2.76. The van der Waals surface area contributed by atoms with Gasteiger partial charge in [0, 0.05) is 5.56 Å². The van der Waals surface area contributed by atoms with Crippen molar-refractivity contribution in [1.29, 1.82) is 0 Å². The number of hydrogen-bond donors (Lipinski definition) is 2. The van der Waals surface area contributed by atoms with Crippen molar-refractivity contribution in [2.24, 2.45) is 0 Å². The highest BCUT2D eigenvalue weighted by Crippen LogP contribution is 2.29. The van der Waals surface area contributed by atoms with Gasteiger partial charge in [0.25, 0.3) is 5.91 Å². The Morgan fingerprint density at radius 1 is 0.852 bits per heavy atom. The molecule has 1 heterocycles. The zero-order valence-corrected chi connectivity index (χ0v) is 14.7. The Hall–Kier alpha value is -3.54. The Bertz CT molecular complexity index is 876. The number of rotatable bonds is 8. The molecule has 3 rings (SSSR count). The molecule has 0 bridgehead atoms. The first-order valence-corrected chi connectivity index (χ1v) is 8.55. The van der Waals surface area contributed by atoms with E-state index in [1.165, 1.54) is 6.26 Å². The van der Waals surface area contributed by atoms with Crippen molar-refractivity contribution in [2.75, 3.05) is 13.2 Å². The Labute approximate surface area is 157 Å². The van der Waals surface area contributed by atoms with E-state index in [0.29, 0.717) is 11.5 Å². The molecular formula is C21H20N2O4. The van der Waals surface area contributed by atoms with Gasteiger partial charge in [-0.3, -0.25) is 9.59 Å². The largest absolute Gasteiger partial charge is 0.483 e. The van der Waals surface area contributed by atoms with Gasteiger partial charge in [-0.15, -0.1) is 0 Å². The molecule has 2 amide bonds. The standard InChI is InChI=1S/C21H20N2O4/c24-20(22-13-17-9-6-12-26-17)14-23-21(25)15-27-19-11-5-4-10-18(19)16-7-2-1-3-8-16/h1-12H,13-15H2,(H,22,24)(H,23,25). The molecule has 0 spiro atoms. The minimum absolute atomic E-state index is 0.122. The van der Waals surface area contributed by atoms with E-state index < -0.39 is 0 Å². The van der Waals surface area contributed by atoms with Crippen LogP contribution < -0.4 is 15.4 Å². The van der Waals surface area contributed by atoms with Crippen LogP contribution in [0.25, 0.3) is 11.1 Å². The van der Waals surface area contributed by atoms with Crippen LogP contribution in [0.4, 0.5) is 0 Å². The molecule has 0 radical (unpaired) electrons. The van der Waals surface area contributed by atoms with Gasteiger partial charge in [0.1, 0.15) is 11.5 Å². The molecular weight excluding hydrogens is 344 g/mol. The normalized spacial score (nSPS) is 10.2. The maximum absolute atomic E-state index is 12.0. The van der Waals surface area contributed by atoms with E-state index in [0.717, 1.165) is 11.1 Å². The van der Waals surface area contributed by atoms with Gasteiger partial charge in [0.05, 0.1) is 19.4 Å². The number of para-hydroxylation sites is 1. The van der Waals surface area contributed by atoms with Crippen molar-refractivity contribution < 1.29 is 18.7 Å². The van der Waals surface area contributed by atoms with Crippen molar-refractivity contribution in [3.63, 3.8) is 0 Å². The topological polar surface area (TPSA) is 80.6 Å². The predicted molar refractivity (Wildman–Crippen MR) is 101 cm³/mol. The number of carbonyl (C=O) groups excluding carboxylic acids is 2. The first kappa shape index (κ1) is 18.3.